The van der Waals surface area contributed by atoms with Gasteiger partial charge in [-0.3, -0.25) is 0 Å². The molecule has 3 N–H and O–H groups in total. The van der Waals surface area contributed by atoms with Crippen LogP contribution in [-0.4, -0.2) is 74.8 Å². The molecule has 32 heavy (non-hydrogen) atoms. The van der Waals surface area contributed by atoms with Gasteiger partial charge in [-0.25, -0.2) is 0 Å². The molecule has 0 spiro atoms. The first-order valence-electron chi connectivity index (χ1n) is 6.51. The van der Waals surface area contributed by atoms with Crippen molar-refractivity contribution in [2.45, 2.75) is 59.5 Å². The number of alkyl halides is 19. The van der Waals surface area contributed by atoms with Gasteiger partial charge in [0.25, 0.3) is 5.60 Å². The van der Waals surface area contributed by atoms with Gasteiger partial charge in [0.2, 0.25) is 0 Å². The molecule has 0 aliphatic rings. The number of halogens is 19. The molecule has 0 aromatic rings. The first-order valence-corrected chi connectivity index (χ1v) is 6.51. The van der Waals surface area contributed by atoms with Gasteiger partial charge in [0, 0.05) is 0 Å². The summed E-state index contributed by atoms with van der Waals surface area (Å²) in [5.41, 5.74) is -26.1. The highest BCUT2D eigenvalue weighted by molar-refractivity contribution is 5.25. The fourth-order valence-electron chi connectivity index (χ4n) is 2.11. The molecule has 0 aromatic heterocycles. The average Bonchev–Trinajstić information content (AvgIpc) is 2.45. The molecule has 194 valence electrons. The SMILES string of the molecule is OC(C(F)(F)F)(C(F)(F)F)C(F)(F)C(O)(C(F)(F)F)C(F)(F)C(O)(C(F)(F)F)C(F)(F)F. The standard InChI is InChI=1S/C10H3F19O3/c11-4(12,2(31,7(18,19)20)8(21,22)23)1(30,6(15,16)17)5(13,14)3(32,9(24,25)26)10(27,28)29/h30-32H. The largest absolute Gasteiger partial charge is 0.432 e. The molecule has 0 aliphatic heterocycles. The Morgan fingerprint density at radius 2 is 0.375 bits per heavy atom. The Hall–Kier alpha value is -1.45. The Bertz CT molecular complexity index is 611. The molecular formula is C10H3F19O3. The highest BCUT2D eigenvalue weighted by Crippen LogP contribution is 2.66. The maximum absolute atomic E-state index is 13.8. The molecule has 0 amide bonds. The lowest BCUT2D eigenvalue weighted by molar-refractivity contribution is -0.519. The fraction of sp³-hybridized carbons (Fsp3) is 1.00. The van der Waals surface area contributed by atoms with Gasteiger partial charge in [-0.1, -0.05) is 0 Å². The van der Waals surface area contributed by atoms with Crippen molar-refractivity contribution >= 4 is 0 Å². The number of hydrogen-bond donors (Lipinski definition) is 3. The normalized spacial score (nSPS) is 17.1. The number of hydrogen-bond acceptors (Lipinski definition) is 3. The smallest absolute Gasteiger partial charge is 0.371 e. The van der Waals surface area contributed by atoms with Crippen LogP contribution in [0.5, 0.6) is 0 Å². The van der Waals surface area contributed by atoms with E-state index in [0.29, 0.717) is 0 Å². The molecule has 0 rings (SSSR count). The van der Waals surface area contributed by atoms with Gasteiger partial charge in [0.15, 0.2) is 0 Å². The fourth-order valence-corrected chi connectivity index (χ4v) is 2.11. The van der Waals surface area contributed by atoms with Crippen molar-refractivity contribution < 1.29 is 98.7 Å². The first kappa shape index (κ1) is 30.6. The summed E-state index contributed by atoms with van der Waals surface area (Å²) in [5.74, 6) is -18.3. The average molecular weight is 532 g/mol. The van der Waals surface area contributed by atoms with Crippen molar-refractivity contribution in [2.24, 2.45) is 0 Å². The summed E-state index contributed by atoms with van der Waals surface area (Å²) < 4.78 is 244. The van der Waals surface area contributed by atoms with Crippen LogP contribution in [0.25, 0.3) is 0 Å². The van der Waals surface area contributed by atoms with Crippen LogP contribution >= 0.6 is 0 Å². The van der Waals surface area contributed by atoms with Gasteiger partial charge in [-0.15, -0.1) is 0 Å². The van der Waals surface area contributed by atoms with Gasteiger partial charge in [-0.05, 0) is 0 Å². The lowest BCUT2D eigenvalue weighted by atomic mass is 9.70. The molecule has 0 heterocycles. The van der Waals surface area contributed by atoms with Crippen molar-refractivity contribution in [2.75, 3.05) is 0 Å². The van der Waals surface area contributed by atoms with Crippen LogP contribution in [0.4, 0.5) is 83.4 Å². The van der Waals surface area contributed by atoms with E-state index >= 15 is 0 Å². The maximum atomic E-state index is 13.8. The van der Waals surface area contributed by atoms with E-state index in [9.17, 15) is 83.4 Å². The summed E-state index contributed by atoms with van der Waals surface area (Å²) >= 11 is 0. The highest BCUT2D eigenvalue weighted by atomic mass is 19.4. The predicted molar refractivity (Wildman–Crippen MR) is 55.0 cm³/mol. The zero-order valence-corrected chi connectivity index (χ0v) is 13.5. The van der Waals surface area contributed by atoms with Crippen molar-refractivity contribution in [3.8, 4) is 0 Å². The van der Waals surface area contributed by atoms with Gasteiger partial charge in [-0.2, -0.15) is 83.4 Å². The Morgan fingerprint density at radius 3 is 0.469 bits per heavy atom. The number of rotatable bonds is 4. The van der Waals surface area contributed by atoms with Crippen LogP contribution in [-0.2, 0) is 0 Å². The van der Waals surface area contributed by atoms with E-state index in [1.165, 1.54) is 0 Å². The van der Waals surface area contributed by atoms with Crippen molar-refractivity contribution in [3.05, 3.63) is 0 Å². The third-order valence-corrected chi connectivity index (χ3v) is 3.87. The van der Waals surface area contributed by atoms with Crippen molar-refractivity contribution in [3.63, 3.8) is 0 Å². The second-order valence-electron chi connectivity index (χ2n) is 5.77. The topological polar surface area (TPSA) is 60.7 Å². The minimum absolute atomic E-state index is 8.31. The molecule has 3 nitrogen and oxygen atoms in total. The Balaban J connectivity index is 7.96. The zero-order chi connectivity index (χ0) is 27.0. The molecule has 0 aliphatic carbocycles. The predicted octanol–water partition coefficient (Wildman–Crippen LogP) is 4.26. The molecule has 0 unspecified atom stereocenters. The van der Waals surface area contributed by atoms with E-state index in [0.717, 1.165) is 0 Å². The maximum Gasteiger partial charge on any atom is 0.432 e. The Morgan fingerprint density at radius 1 is 0.250 bits per heavy atom. The highest BCUT2D eigenvalue weighted by Gasteiger charge is 3.00. The lowest BCUT2D eigenvalue weighted by Gasteiger charge is -2.51. The van der Waals surface area contributed by atoms with Crippen LogP contribution in [0, 0.1) is 0 Å². The van der Waals surface area contributed by atoms with E-state index in [1.807, 2.05) is 0 Å². The summed E-state index contributed by atoms with van der Waals surface area (Å²) in [6.07, 6.45) is -41.9. The van der Waals surface area contributed by atoms with Crippen LogP contribution in [0.1, 0.15) is 0 Å². The summed E-state index contributed by atoms with van der Waals surface area (Å²) in [6, 6.07) is 0. The molecule has 0 radical (unpaired) electrons. The van der Waals surface area contributed by atoms with Gasteiger partial charge >= 0.3 is 53.9 Å². The minimum Gasteiger partial charge on any atom is -0.371 e. The van der Waals surface area contributed by atoms with Crippen molar-refractivity contribution in [1.29, 1.82) is 0 Å². The first-order chi connectivity index (χ1) is 13.2. The van der Waals surface area contributed by atoms with Gasteiger partial charge in [0.05, 0.1) is 0 Å². The van der Waals surface area contributed by atoms with Crippen LogP contribution in [0.3, 0.4) is 0 Å². The molecular weight excluding hydrogens is 529 g/mol. The van der Waals surface area contributed by atoms with E-state index in [-0.39, 0.29) is 0 Å². The molecule has 0 fully saturated rings. The number of aliphatic hydroxyl groups is 3. The second kappa shape index (κ2) is 7.03. The lowest BCUT2D eigenvalue weighted by Crippen LogP contribution is -2.87. The van der Waals surface area contributed by atoms with Crippen molar-refractivity contribution in [1.82, 2.24) is 0 Å². The summed E-state index contributed by atoms with van der Waals surface area (Å²) in [5, 5.41) is 25.2. The van der Waals surface area contributed by atoms with Crippen LogP contribution in [0.2, 0.25) is 0 Å². The summed E-state index contributed by atoms with van der Waals surface area (Å²) in [7, 11) is 0. The van der Waals surface area contributed by atoms with Crippen LogP contribution < -0.4 is 0 Å². The van der Waals surface area contributed by atoms with E-state index < -0.39 is 59.5 Å². The summed E-state index contributed by atoms with van der Waals surface area (Å²) in [4.78, 5) is 0. The van der Waals surface area contributed by atoms with E-state index in [4.69, 9.17) is 15.3 Å². The molecule has 0 saturated carbocycles. The van der Waals surface area contributed by atoms with Gasteiger partial charge in [0.1, 0.15) is 0 Å². The van der Waals surface area contributed by atoms with Crippen LogP contribution in [0.15, 0.2) is 0 Å². The Labute approximate surface area is 160 Å². The van der Waals surface area contributed by atoms with E-state index in [1.54, 1.807) is 0 Å². The summed E-state index contributed by atoms with van der Waals surface area (Å²) in [6.45, 7) is 0. The third-order valence-electron chi connectivity index (χ3n) is 3.87. The molecule has 0 bridgehead atoms. The molecule has 0 saturated heterocycles. The minimum atomic E-state index is -9.14. The third kappa shape index (κ3) is 3.42. The second-order valence-corrected chi connectivity index (χ2v) is 5.77. The quantitative estimate of drug-likeness (QED) is 0.475. The zero-order valence-electron chi connectivity index (χ0n) is 13.5. The Kier molecular flexibility index (Phi) is 6.71. The monoisotopic (exact) mass is 532 g/mol. The van der Waals surface area contributed by atoms with E-state index in [2.05, 4.69) is 0 Å². The molecule has 0 atom stereocenters. The van der Waals surface area contributed by atoms with Gasteiger partial charge < -0.3 is 15.3 Å². The molecule has 22 heteroatoms. The molecule has 0 aromatic carbocycles.